The molecule has 0 amide bonds. The van der Waals surface area contributed by atoms with Crippen molar-refractivity contribution in [3.63, 3.8) is 0 Å². The molecule has 0 unspecified atom stereocenters. The smallest absolute Gasteiger partial charge is 0.164 e. The van der Waals surface area contributed by atoms with Gasteiger partial charge in [0.1, 0.15) is 0 Å². The van der Waals surface area contributed by atoms with Crippen LogP contribution in [0.3, 0.4) is 0 Å². The quantitative estimate of drug-likeness (QED) is 0.163. The number of benzene rings is 9. The predicted molar refractivity (Wildman–Crippen MR) is 225 cm³/mol. The maximum atomic E-state index is 5.18. The van der Waals surface area contributed by atoms with Crippen LogP contribution >= 0.6 is 0 Å². The van der Waals surface area contributed by atoms with E-state index < -0.39 is 0 Å². The van der Waals surface area contributed by atoms with Crippen LogP contribution in [-0.2, 0) is 0 Å². The van der Waals surface area contributed by atoms with E-state index in [9.17, 15) is 0 Å². The minimum absolute atomic E-state index is 0.627. The Kier molecular flexibility index (Phi) is 7.81. The summed E-state index contributed by atoms with van der Waals surface area (Å²) in [5.74, 6) is 1.89. The van der Waals surface area contributed by atoms with Gasteiger partial charge in [0.25, 0.3) is 0 Å². The van der Waals surface area contributed by atoms with Crippen molar-refractivity contribution in [1.29, 1.82) is 0 Å². The van der Waals surface area contributed by atoms with Crippen LogP contribution in [0.1, 0.15) is 0 Å². The average Bonchev–Trinajstić information content (AvgIpc) is 3.27. The zero-order valence-electron chi connectivity index (χ0n) is 29.4. The van der Waals surface area contributed by atoms with Crippen LogP contribution in [0.25, 0.3) is 99.9 Å². The first kappa shape index (κ1) is 31.5. The van der Waals surface area contributed by atoms with E-state index in [1.54, 1.807) is 0 Å². The van der Waals surface area contributed by atoms with Crippen molar-refractivity contribution in [1.82, 2.24) is 15.0 Å². The molecule has 252 valence electrons. The number of hydrogen-bond donors (Lipinski definition) is 0. The Balaban J connectivity index is 1.16. The highest BCUT2D eigenvalue weighted by Crippen LogP contribution is 2.41. The molecule has 0 aliphatic carbocycles. The van der Waals surface area contributed by atoms with E-state index in [1.165, 1.54) is 37.9 Å². The van der Waals surface area contributed by atoms with E-state index in [0.29, 0.717) is 17.5 Å². The number of aromatic nitrogens is 3. The molecule has 0 aliphatic heterocycles. The first-order chi connectivity index (χ1) is 26.8. The van der Waals surface area contributed by atoms with Gasteiger partial charge in [-0.2, -0.15) is 0 Å². The van der Waals surface area contributed by atoms with E-state index in [-0.39, 0.29) is 0 Å². The highest BCUT2D eigenvalue weighted by atomic mass is 15.0. The van der Waals surface area contributed by atoms with Gasteiger partial charge in [-0.25, -0.2) is 15.0 Å². The Labute approximate surface area is 313 Å². The van der Waals surface area contributed by atoms with Crippen LogP contribution < -0.4 is 0 Å². The van der Waals surface area contributed by atoms with Gasteiger partial charge in [-0.15, -0.1) is 0 Å². The first-order valence-electron chi connectivity index (χ1n) is 18.3. The Hall–Kier alpha value is -7.23. The lowest BCUT2D eigenvalue weighted by Gasteiger charge is -2.15. The van der Waals surface area contributed by atoms with E-state index in [2.05, 4.69) is 188 Å². The third-order valence-corrected chi connectivity index (χ3v) is 10.3. The van der Waals surface area contributed by atoms with Crippen LogP contribution in [-0.4, -0.2) is 15.0 Å². The molecule has 0 aliphatic rings. The summed E-state index contributed by atoms with van der Waals surface area (Å²) in [5, 5.41) is 7.51. The van der Waals surface area contributed by atoms with Gasteiger partial charge >= 0.3 is 0 Å². The second-order valence-electron chi connectivity index (χ2n) is 13.6. The van der Waals surface area contributed by atoms with Crippen LogP contribution in [0.2, 0.25) is 0 Å². The van der Waals surface area contributed by atoms with Gasteiger partial charge in [-0.05, 0) is 83.9 Å². The predicted octanol–water partition coefficient (Wildman–Crippen LogP) is 13.3. The molecule has 3 heteroatoms. The Morgan fingerprint density at radius 1 is 0.222 bits per heavy atom. The van der Waals surface area contributed by atoms with E-state index in [4.69, 9.17) is 15.0 Å². The molecule has 3 nitrogen and oxygen atoms in total. The lowest BCUT2D eigenvalue weighted by molar-refractivity contribution is 1.07. The summed E-state index contributed by atoms with van der Waals surface area (Å²) in [5.41, 5.74) is 9.60. The Morgan fingerprint density at radius 3 is 1.02 bits per heavy atom. The van der Waals surface area contributed by atoms with Gasteiger partial charge in [0.05, 0.1) is 0 Å². The molecule has 9 aromatic carbocycles. The summed E-state index contributed by atoms with van der Waals surface area (Å²) in [6.07, 6.45) is 0. The number of rotatable bonds is 6. The Bertz CT molecular complexity index is 2840. The van der Waals surface area contributed by atoms with Gasteiger partial charge < -0.3 is 0 Å². The molecule has 10 aromatic rings. The molecule has 10 rings (SSSR count). The highest BCUT2D eigenvalue weighted by Gasteiger charge is 2.17. The van der Waals surface area contributed by atoms with Crippen molar-refractivity contribution in [3.8, 4) is 67.5 Å². The van der Waals surface area contributed by atoms with E-state index in [0.717, 1.165) is 44.5 Å². The minimum atomic E-state index is 0.627. The lowest BCUT2D eigenvalue weighted by Crippen LogP contribution is -2.00. The molecule has 1 aromatic heterocycles. The van der Waals surface area contributed by atoms with Gasteiger partial charge in [0.2, 0.25) is 0 Å². The fourth-order valence-electron chi connectivity index (χ4n) is 7.72. The Morgan fingerprint density at radius 2 is 0.537 bits per heavy atom. The zero-order valence-corrected chi connectivity index (χ0v) is 29.4. The second-order valence-corrected chi connectivity index (χ2v) is 13.6. The fraction of sp³-hybridized carbons (Fsp3) is 0. The summed E-state index contributed by atoms with van der Waals surface area (Å²) in [6, 6.07) is 70.5. The van der Waals surface area contributed by atoms with Gasteiger partial charge in [0, 0.05) is 16.7 Å². The van der Waals surface area contributed by atoms with Crippen LogP contribution in [0, 0.1) is 0 Å². The zero-order chi connectivity index (χ0) is 35.8. The molecule has 0 spiro atoms. The molecule has 0 N–H and O–H groups in total. The van der Waals surface area contributed by atoms with Crippen molar-refractivity contribution in [2.24, 2.45) is 0 Å². The summed E-state index contributed by atoms with van der Waals surface area (Å²) >= 11 is 0. The van der Waals surface area contributed by atoms with Crippen LogP contribution in [0.5, 0.6) is 0 Å². The van der Waals surface area contributed by atoms with Crippen molar-refractivity contribution in [2.45, 2.75) is 0 Å². The molecule has 0 radical (unpaired) electrons. The van der Waals surface area contributed by atoms with E-state index >= 15 is 0 Å². The molecule has 0 fully saturated rings. The van der Waals surface area contributed by atoms with Crippen LogP contribution in [0.4, 0.5) is 0 Å². The third-order valence-electron chi connectivity index (χ3n) is 10.3. The molecule has 1 heterocycles. The fourth-order valence-corrected chi connectivity index (χ4v) is 7.72. The number of fused-ring (bicyclic) bond motifs is 6. The molecule has 0 saturated carbocycles. The normalized spacial score (nSPS) is 11.3. The highest BCUT2D eigenvalue weighted by molar-refractivity contribution is 6.28. The van der Waals surface area contributed by atoms with Crippen molar-refractivity contribution >= 4 is 32.3 Å². The topological polar surface area (TPSA) is 38.7 Å². The monoisotopic (exact) mass is 687 g/mol. The van der Waals surface area contributed by atoms with Crippen molar-refractivity contribution in [2.75, 3.05) is 0 Å². The standard InChI is InChI=1S/C51H33N3/c1-3-15-34(16-4-1)36-19-11-22-39(31-36)49-52-50(40-23-12-20-37(32-40)35-17-5-2-6-18-35)54-51(53-49)41-24-13-21-38(33-41)42-29-14-30-47-45-26-8-7-25-43(45)44-27-9-10-28-46(44)48(42)47/h1-33H. The van der Waals surface area contributed by atoms with Crippen molar-refractivity contribution < 1.29 is 0 Å². The maximum absolute atomic E-state index is 5.18. The van der Waals surface area contributed by atoms with Crippen molar-refractivity contribution in [3.05, 3.63) is 200 Å². The SMILES string of the molecule is c1ccc(-c2cccc(-c3nc(-c4cccc(-c5ccccc5)c4)nc(-c4cccc(-c5cccc6c7ccccc7c7ccccc7c56)c4)n3)c2)cc1. The molecular weight excluding hydrogens is 655 g/mol. The summed E-state index contributed by atoms with van der Waals surface area (Å²) in [4.78, 5) is 15.5. The lowest BCUT2D eigenvalue weighted by atomic mass is 9.89. The van der Waals surface area contributed by atoms with Crippen LogP contribution in [0.15, 0.2) is 200 Å². The number of hydrogen-bond acceptors (Lipinski definition) is 3. The second kappa shape index (κ2) is 13.4. The maximum Gasteiger partial charge on any atom is 0.164 e. The summed E-state index contributed by atoms with van der Waals surface area (Å²) < 4.78 is 0. The van der Waals surface area contributed by atoms with E-state index in [1.807, 2.05) is 12.1 Å². The van der Waals surface area contributed by atoms with Gasteiger partial charge in [-0.1, -0.05) is 182 Å². The molecule has 54 heavy (non-hydrogen) atoms. The summed E-state index contributed by atoms with van der Waals surface area (Å²) in [6.45, 7) is 0. The summed E-state index contributed by atoms with van der Waals surface area (Å²) in [7, 11) is 0. The molecule has 0 bridgehead atoms. The third kappa shape index (κ3) is 5.69. The minimum Gasteiger partial charge on any atom is -0.208 e. The molecule has 0 saturated heterocycles. The molecular formula is C51H33N3. The van der Waals surface area contributed by atoms with Gasteiger partial charge in [-0.3, -0.25) is 0 Å². The average molecular weight is 688 g/mol. The number of nitrogens with zero attached hydrogens (tertiary/aromatic N) is 3. The van der Waals surface area contributed by atoms with Gasteiger partial charge in [0.15, 0.2) is 17.5 Å². The largest absolute Gasteiger partial charge is 0.208 e. The first-order valence-corrected chi connectivity index (χ1v) is 18.3. The molecule has 0 atom stereocenters.